The summed E-state index contributed by atoms with van der Waals surface area (Å²) in [4.78, 5) is 10.4. The maximum atomic E-state index is 10.4. The van der Waals surface area contributed by atoms with Crippen LogP contribution in [0.5, 0.6) is 0 Å². The van der Waals surface area contributed by atoms with Gasteiger partial charge in [0.25, 0.3) is 0 Å². The second-order valence-electron chi connectivity index (χ2n) is 2.83. The molecule has 0 spiro atoms. The molecule has 0 unspecified atom stereocenters. The van der Waals surface area contributed by atoms with Crippen LogP contribution >= 0.6 is 0 Å². The van der Waals surface area contributed by atoms with Gasteiger partial charge in [0.15, 0.2) is 0 Å². The topological polar surface area (TPSA) is 57.5 Å². The van der Waals surface area contributed by atoms with E-state index < -0.39 is 5.97 Å². The van der Waals surface area contributed by atoms with Crippen molar-refractivity contribution < 1.29 is 15.0 Å². The molecule has 0 aromatic heterocycles. The van der Waals surface area contributed by atoms with Gasteiger partial charge in [-0.2, -0.15) is 0 Å². The van der Waals surface area contributed by atoms with Crippen LogP contribution < -0.4 is 0 Å². The maximum absolute atomic E-state index is 10.4. The molecule has 0 heterocycles. The molecule has 0 atom stereocenters. The number of carboxylic acid groups (broad SMARTS) is 1. The van der Waals surface area contributed by atoms with Crippen molar-refractivity contribution in [3.05, 3.63) is 11.3 Å². The van der Waals surface area contributed by atoms with E-state index in [1.54, 1.807) is 0 Å². The number of allylic oxidation sites excluding steroid dienone is 1. The highest BCUT2D eigenvalue weighted by atomic mass is 16.4. The summed E-state index contributed by atoms with van der Waals surface area (Å²) in [6.45, 7) is 3.48. The molecule has 3 nitrogen and oxygen atoms in total. The van der Waals surface area contributed by atoms with Crippen molar-refractivity contribution in [1.82, 2.24) is 0 Å². The molecular formula is C9H16O3. The van der Waals surface area contributed by atoms with Crippen molar-refractivity contribution in [3.8, 4) is 0 Å². The molecule has 0 saturated heterocycles. The molecule has 0 aromatic rings. The van der Waals surface area contributed by atoms with E-state index in [2.05, 4.69) is 6.92 Å². The van der Waals surface area contributed by atoms with Crippen molar-refractivity contribution in [2.45, 2.75) is 39.5 Å². The lowest BCUT2D eigenvalue weighted by atomic mass is 10.1. The van der Waals surface area contributed by atoms with Gasteiger partial charge in [0.1, 0.15) is 5.76 Å². The highest BCUT2D eigenvalue weighted by molar-refractivity contribution is 5.86. The Kier molecular flexibility index (Phi) is 5.17. The minimum Gasteiger partial charge on any atom is -0.512 e. The zero-order valence-electron chi connectivity index (χ0n) is 7.63. The fourth-order valence-corrected chi connectivity index (χ4v) is 0.853. The molecule has 2 N–H and O–H groups in total. The number of aliphatic carboxylic acids is 1. The summed E-state index contributed by atoms with van der Waals surface area (Å²) < 4.78 is 0. The zero-order valence-corrected chi connectivity index (χ0v) is 7.63. The molecule has 0 rings (SSSR count). The SMILES string of the molecule is CCCCC/C(O)=C(/C)C(=O)O. The molecule has 0 aliphatic heterocycles. The van der Waals surface area contributed by atoms with Crippen LogP contribution in [0.3, 0.4) is 0 Å². The van der Waals surface area contributed by atoms with Crippen LogP contribution in [-0.4, -0.2) is 16.2 Å². The van der Waals surface area contributed by atoms with E-state index in [-0.39, 0.29) is 11.3 Å². The Bertz CT molecular complexity index is 182. The molecule has 3 heteroatoms. The summed E-state index contributed by atoms with van der Waals surface area (Å²) in [5, 5.41) is 17.7. The Balaban J connectivity index is 3.91. The molecule has 0 saturated carbocycles. The highest BCUT2D eigenvalue weighted by Crippen LogP contribution is 2.10. The van der Waals surface area contributed by atoms with Gasteiger partial charge in [-0.25, -0.2) is 4.79 Å². The number of hydrogen-bond acceptors (Lipinski definition) is 2. The number of aliphatic hydroxyl groups excluding tert-OH is 1. The normalized spacial score (nSPS) is 12.5. The van der Waals surface area contributed by atoms with Crippen LogP contribution in [0.2, 0.25) is 0 Å². The van der Waals surface area contributed by atoms with Gasteiger partial charge >= 0.3 is 5.97 Å². The van der Waals surface area contributed by atoms with E-state index >= 15 is 0 Å². The lowest BCUT2D eigenvalue weighted by molar-refractivity contribution is -0.132. The van der Waals surface area contributed by atoms with Gasteiger partial charge in [-0.15, -0.1) is 0 Å². The Morgan fingerprint density at radius 1 is 1.25 bits per heavy atom. The monoisotopic (exact) mass is 172 g/mol. The van der Waals surface area contributed by atoms with Crippen LogP contribution in [0.15, 0.2) is 11.3 Å². The van der Waals surface area contributed by atoms with E-state index in [4.69, 9.17) is 5.11 Å². The van der Waals surface area contributed by atoms with Crippen LogP contribution in [0, 0.1) is 0 Å². The van der Waals surface area contributed by atoms with Crippen LogP contribution in [-0.2, 0) is 4.79 Å². The number of hydrogen-bond donors (Lipinski definition) is 2. The van der Waals surface area contributed by atoms with Gasteiger partial charge in [0, 0.05) is 6.42 Å². The first-order chi connectivity index (χ1) is 5.59. The first-order valence-electron chi connectivity index (χ1n) is 4.21. The lowest BCUT2D eigenvalue weighted by Crippen LogP contribution is -2.00. The summed E-state index contributed by atoms with van der Waals surface area (Å²) in [5.74, 6) is -1.03. The van der Waals surface area contributed by atoms with Crippen LogP contribution in [0.25, 0.3) is 0 Å². The standard InChI is InChI=1S/C9H16O3/c1-3-4-5-6-8(10)7(2)9(11)12/h10H,3-6H2,1-2H3,(H,11,12)/b8-7+. The summed E-state index contributed by atoms with van der Waals surface area (Å²) >= 11 is 0. The number of carbonyl (C=O) groups is 1. The van der Waals surface area contributed by atoms with Crippen molar-refractivity contribution in [2.24, 2.45) is 0 Å². The quantitative estimate of drug-likeness (QED) is 0.380. The van der Waals surface area contributed by atoms with E-state index in [0.717, 1.165) is 19.3 Å². The summed E-state index contributed by atoms with van der Waals surface area (Å²) in [7, 11) is 0. The van der Waals surface area contributed by atoms with Crippen molar-refractivity contribution in [2.75, 3.05) is 0 Å². The van der Waals surface area contributed by atoms with Crippen molar-refractivity contribution >= 4 is 5.97 Å². The van der Waals surface area contributed by atoms with E-state index in [0.29, 0.717) is 6.42 Å². The molecule has 0 amide bonds. The first kappa shape index (κ1) is 11.0. The number of aliphatic hydroxyl groups is 1. The summed E-state index contributed by atoms with van der Waals surface area (Å²) in [6.07, 6.45) is 3.43. The third kappa shape index (κ3) is 4.01. The Hall–Kier alpha value is -0.990. The van der Waals surface area contributed by atoms with Crippen LogP contribution in [0.1, 0.15) is 39.5 Å². The number of carboxylic acids is 1. The fourth-order valence-electron chi connectivity index (χ4n) is 0.853. The van der Waals surface area contributed by atoms with Crippen molar-refractivity contribution in [1.29, 1.82) is 0 Å². The molecule has 0 aromatic carbocycles. The van der Waals surface area contributed by atoms with E-state index in [9.17, 15) is 9.90 Å². The smallest absolute Gasteiger partial charge is 0.334 e. The Morgan fingerprint density at radius 2 is 1.83 bits per heavy atom. The lowest BCUT2D eigenvalue weighted by Gasteiger charge is -2.01. The predicted molar refractivity (Wildman–Crippen MR) is 47.1 cm³/mol. The third-order valence-corrected chi connectivity index (χ3v) is 1.77. The van der Waals surface area contributed by atoms with Gasteiger partial charge in [-0.1, -0.05) is 19.8 Å². The van der Waals surface area contributed by atoms with Gasteiger partial charge in [-0.05, 0) is 13.3 Å². The zero-order chi connectivity index (χ0) is 9.56. The van der Waals surface area contributed by atoms with Crippen LogP contribution in [0.4, 0.5) is 0 Å². The first-order valence-corrected chi connectivity index (χ1v) is 4.21. The summed E-state index contributed by atoms with van der Waals surface area (Å²) in [6, 6.07) is 0. The average molecular weight is 172 g/mol. The van der Waals surface area contributed by atoms with E-state index in [1.165, 1.54) is 6.92 Å². The molecule has 70 valence electrons. The molecule has 0 aliphatic carbocycles. The van der Waals surface area contributed by atoms with Gasteiger partial charge in [-0.3, -0.25) is 0 Å². The predicted octanol–water partition coefficient (Wildman–Crippen LogP) is 2.48. The van der Waals surface area contributed by atoms with Gasteiger partial charge < -0.3 is 10.2 Å². The molecule has 0 bridgehead atoms. The van der Waals surface area contributed by atoms with Gasteiger partial charge in [0.05, 0.1) is 5.57 Å². The largest absolute Gasteiger partial charge is 0.512 e. The minimum absolute atomic E-state index is 0.0101. The second-order valence-corrected chi connectivity index (χ2v) is 2.83. The van der Waals surface area contributed by atoms with Gasteiger partial charge in [0.2, 0.25) is 0 Å². The molecule has 0 aliphatic rings. The number of rotatable bonds is 5. The Labute approximate surface area is 72.7 Å². The third-order valence-electron chi connectivity index (χ3n) is 1.77. The minimum atomic E-state index is -1.04. The molecule has 0 fully saturated rings. The maximum Gasteiger partial charge on any atom is 0.334 e. The molecular weight excluding hydrogens is 156 g/mol. The second kappa shape index (κ2) is 5.63. The Morgan fingerprint density at radius 3 is 2.25 bits per heavy atom. The molecule has 0 radical (unpaired) electrons. The number of unbranched alkanes of at least 4 members (excludes halogenated alkanes) is 2. The average Bonchev–Trinajstić information content (AvgIpc) is 2.03. The summed E-state index contributed by atoms with van der Waals surface area (Å²) in [5.41, 5.74) is 0.0612. The van der Waals surface area contributed by atoms with Crippen molar-refractivity contribution in [3.63, 3.8) is 0 Å². The van der Waals surface area contributed by atoms with E-state index in [1.807, 2.05) is 0 Å². The highest BCUT2D eigenvalue weighted by Gasteiger charge is 2.06. The molecule has 12 heavy (non-hydrogen) atoms. The fraction of sp³-hybridized carbons (Fsp3) is 0.667.